The van der Waals surface area contributed by atoms with E-state index >= 15 is 0 Å². The molecule has 0 aromatic heterocycles. The Kier molecular flexibility index (Phi) is 4.21. The summed E-state index contributed by atoms with van der Waals surface area (Å²) in [5, 5.41) is 15.1. The van der Waals surface area contributed by atoms with Gasteiger partial charge in [-0.2, -0.15) is 0 Å². The Morgan fingerprint density at radius 1 is 1.22 bits per heavy atom. The van der Waals surface area contributed by atoms with E-state index in [0.717, 1.165) is 24.2 Å². The fourth-order valence-electron chi connectivity index (χ4n) is 2.56. The van der Waals surface area contributed by atoms with Gasteiger partial charge in [-0.05, 0) is 41.8 Å². The quantitative estimate of drug-likeness (QED) is 0.805. The number of aromatic carboxylic acids is 1. The molecule has 0 spiro atoms. The summed E-state index contributed by atoms with van der Waals surface area (Å²) in [6.45, 7) is 1.18. The van der Waals surface area contributed by atoms with Crippen LogP contribution in [0.5, 0.6) is 0 Å². The third kappa shape index (κ3) is 3.29. The second-order valence-corrected chi connectivity index (χ2v) is 5.76. The molecule has 5 nitrogen and oxygen atoms in total. The predicted molar refractivity (Wildman–Crippen MR) is 88.2 cm³/mol. The number of rotatable bonds is 4. The van der Waals surface area contributed by atoms with Crippen LogP contribution in [0.2, 0.25) is 5.02 Å². The van der Waals surface area contributed by atoms with Crippen molar-refractivity contribution in [3.05, 3.63) is 63.7 Å². The fraction of sp³-hybridized carbons (Fsp3) is 0.176. The molecule has 6 heteroatoms. The number of carboxylic acid groups (broad SMARTS) is 1. The molecular formula is C17H15ClN2O3. The molecule has 0 saturated carbocycles. The molecule has 3 N–H and O–H groups in total. The summed E-state index contributed by atoms with van der Waals surface area (Å²) < 4.78 is 0. The van der Waals surface area contributed by atoms with E-state index in [2.05, 4.69) is 10.6 Å². The molecule has 1 aliphatic heterocycles. The predicted octanol–water partition coefficient (Wildman–Crippen LogP) is 2.94. The number of amides is 1. The molecule has 0 aliphatic carbocycles. The van der Waals surface area contributed by atoms with Crippen molar-refractivity contribution < 1.29 is 14.7 Å². The van der Waals surface area contributed by atoms with Crippen LogP contribution in [0.1, 0.15) is 31.8 Å². The minimum atomic E-state index is -1.07. The standard InChI is InChI=1S/C17H15ClN2O3/c18-14-7-10(1-4-13(14)17(22)23)9-20-16(21)12-3-2-11-5-6-19-15(11)8-12/h1-4,7-8,19H,5-6,9H2,(H,20,21)(H,22,23). The van der Waals surface area contributed by atoms with Gasteiger partial charge >= 0.3 is 5.97 Å². The smallest absolute Gasteiger partial charge is 0.337 e. The van der Waals surface area contributed by atoms with Gasteiger partial charge in [-0.25, -0.2) is 4.79 Å². The monoisotopic (exact) mass is 330 g/mol. The van der Waals surface area contributed by atoms with E-state index in [1.165, 1.54) is 11.6 Å². The topological polar surface area (TPSA) is 78.4 Å². The molecule has 3 rings (SSSR count). The van der Waals surface area contributed by atoms with Crippen LogP contribution in [0, 0.1) is 0 Å². The van der Waals surface area contributed by atoms with Crippen molar-refractivity contribution in [3.63, 3.8) is 0 Å². The summed E-state index contributed by atoms with van der Waals surface area (Å²) in [6, 6.07) is 10.2. The molecule has 0 unspecified atom stereocenters. The van der Waals surface area contributed by atoms with Gasteiger partial charge in [0.05, 0.1) is 10.6 Å². The Hall–Kier alpha value is -2.53. The van der Waals surface area contributed by atoms with E-state index < -0.39 is 5.97 Å². The van der Waals surface area contributed by atoms with Crippen LogP contribution in [0.25, 0.3) is 0 Å². The van der Waals surface area contributed by atoms with Gasteiger partial charge in [-0.3, -0.25) is 4.79 Å². The first-order valence-electron chi connectivity index (χ1n) is 7.21. The summed E-state index contributed by atoms with van der Waals surface area (Å²) in [4.78, 5) is 23.1. The highest BCUT2D eigenvalue weighted by atomic mass is 35.5. The van der Waals surface area contributed by atoms with Gasteiger partial charge in [0.1, 0.15) is 0 Å². The lowest BCUT2D eigenvalue weighted by molar-refractivity contribution is 0.0696. The van der Waals surface area contributed by atoms with Crippen molar-refractivity contribution in [2.45, 2.75) is 13.0 Å². The third-order valence-corrected chi connectivity index (χ3v) is 4.11. The van der Waals surface area contributed by atoms with E-state index in [1.54, 1.807) is 12.1 Å². The number of nitrogens with one attached hydrogen (secondary N) is 2. The number of carbonyl (C=O) groups is 2. The summed E-state index contributed by atoms with van der Waals surface area (Å²) in [7, 11) is 0. The lowest BCUT2D eigenvalue weighted by Crippen LogP contribution is -2.22. The molecule has 0 bridgehead atoms. The summed E-state index contributed by atoms with van der Waals surface area (Å²) in [5.41, 5.74) is 3.61. The first kappa shape index (κ1) is 15.4. The van der Waals surface area contributed by atoms with Crippen LogP contribution in [-0.4, -0.2) is 23.5 Å². The van der Waals surface area contributed by atoms with E-state index in [-0.39, 0.29) is 23.0 Å². The number of halogens is 1. The maximum atomic E-state index is 12.2. The zero-order chi connectivity index (χ0) is 16.4. The second kappa shape index (κ2) is 6.30. The Morgan fingerprint density at radius 2 is 2.04 bits per heavy atom. The summed E-state index contributed by atoms with van der Waals surface area (Å²) >= 11 is 5.92. The van der Waals surface area contributed by atoms with Crippen molar-refractivity contribution in [1.29, 1.82) is 0 Å². The second-order valence-electron chi connectivity index (χ2n) is 5.35. The molecule has 1 aliphatic rings. The molecule has 118 valence electrons. The maximum Gasteiger partial charge on any atom is 0.337 e. The van der Waals surface area contributed by atoms with Crippen LogP contribution >= 0.6 is 11.6 Å². The van der Waals surface area contributed by atoms with Crippen LogP contribution in [0.15, 0.2) is 36.4 Å². The summed E-state index contributed by atoms with van der Waals surface area (Å²) in [6.07, 6.45) is 0.978. The first-order chi connectivity index (χ1) is 11.0. The highest BCUT2D eigenvalue weighted by Gasteiger charge is 2.14. The summed E-state index contributed by atoms with van der Waals surface area (Å²) in [5.74, 6) is -1.25. The van der Waals surface area contributed by atoms with Gasteiger partial charge in [-0.15, -0.1) is 0 Å². The number of carbonyl (C=O) groups excluding carboxylic acids is 1. The molecule has 2 aromatic carbocycles. The number of hydrogen-bond acceptors (Lipinski definition) is 3. The van der Waals surface area contributed by atoms with Gasteiger partial charge in [-0.1, -0.05) is 23.7 Å². The number of anilines is 1. The molecule has 0 atom stereocenters. The first-order valence-corrected chi connectivity index (χ1v) is 7.59. The average molecular weight is 331 g/mol. The van der Waals surface area contributed by atoms with Gasteiger partial charge in [0.25, 0.3) is 5.91 Å². The van der Waals surface area contributed by atoms with Crippen molar-refractivity contribution >= 4 is 29.2 Å². The SMILES string of the molecule is O=C(NCc1ccc(C(=O)O)c(Cl)c1)c1ccc2c(c1)NCC2. The molecule has 1 amide bonds. The highest BCUT2D eigenvalue weighted by molar-refractivity contribution is 6.33. The van der Waals surface area contributed by atoms with Crippen molar-refractivity contribution in [3.8, 4) is 0 Å². The van der Waals surface area contributed by atoms with E-state index in [4.69, 9.17) is 16.7 Å². The van der Waals surface area contributed by atoms with Crippen molar-refractivity contribution in [1.82, 2.24) is 5.32 Å². The lowest BCUT2D eigenvalue weighted by atomic mass is 10.1. The van der Waals surface area contributed by atoms with Gasteiger partial charge in [0.2, 0.25) is 0 Å². The van der Waals surface area contributed by atoms with Crippen molar-refractivity contribution in [2.24, 2.45) is 0 Å². The van der Waals surface area contributed by atoms with Crippen LogP contribution < -0.4 is 10.6 Å². The Labute approximate surface area is 138 Å². The van der Waals surface area contributed by atoms with Crippen LogP contribution in [0.3, 0.4) is 0 Å². The van der Waals surface area contributed by atoms with Gasteiger partial charge in [0, 0.05) is 24.3 Å². The third-order valence-electron chi connectivity index (χ3n) is 3.80. The molecular weight excluding hydrogens is 316 g/mol. The Morgan fingerprint density at radius 3 is 2.78 bits per heavy atom. The molecule has 0 radical (unpaired) electrons. The number of hydrogen-bond donors (Lipinski definition) is 3. The Bertz CT molecular complexity index is 789. The zero-order valence-corrected chi connectivity index (χ0v) is 13.0. The van der Waals surface area contributed by atoms with E-state index in [0.29, 0.717) is 5.56 Å². The minimum absolute atomic E-state index is 0.0476. The van der Waals surface area contributed by atoms with E-state index in [9.17, 15) is 9.59 Å². The maximum absolute atomic E-state index is 12.2. The number of fused-ring (bicyclic) bond motifs is 1. The molecule has 1 heterocycles. The zero-order valence-electron chi connectivity index (χ0n) is 12.2. The average Bonchev–Trinajstić information content (AvgIpc) is 2.99. The molecule has 2 aromatic rings. The molecule has 0 fully saturated rings. The van der Waals surface area contributed by atoms with Crippen LogP contribution in [0.4, 0.5) is 5.69 Å². The van der Waals surface area contributed by atoms with Crippen LogP contribution in [-0.2, 0) is 13.0 Å². The normalized spacial score (nSPS) is 12.4. The highest BCUT2D eigenvalue weighted by Crippen LogP contribution is 2.23. The van der Waals surface area contributed by atoms with Gasteiger partial charge < -0.3 is 15.7 Å². The minimum Gasteiger partial charge on any atom is -0.478 e. The molecule has 0 saturated heterocycles. The van der Waals surface area contributed by atoms with E-state index in [1.807, 2.05) is 18.2 Å². The number of carboxylic acids is 1. The van der Waals surface area contributed by atoms with Crippen molar-refractivity contribution in [2.75, 3.05) is 11.9 Å². The van der Waals surface area contributed by atoms with Gasteiger partial charge in [0.15, 0.2) is 0 Å². The lowest BCUT2D eigenvalue weighted by Gasteiger charge is -2.08. The number of benzene rings is 2. The largest absolute Gasteiger partial charge is 0.478 e. The fourth-order valence-corrected chi connectivity index (χ4v) is 2.84. The molecule has 23 heavy (non-hydrogen) atoms. The Balaban J connectivity index is 1.67.